The van der Waals surface area contributed by atoms with E-state index in [1.54, 1.807) is 37.4 Å². The summed E-state index contributed by atoms with van der Waals surface area (Å²) in [7, 11) is 1.57. The number of carbonyl (C=O) groups excluding carboxylic acids is 1. The molecule has 0 saturated heterocycles. The molecule has 30 heavy (non-hydrogen) atoms. The molecule has 0 fully saturated rings. The van der Waals surface area contributed by atoms with Gasteiger partial charge in [0.2, 0.25) is 0 Å². The lowest BCUT2D eigenvalue weighted by Crippen LogP contribution is -2.13. The molecule has 5 nitrogen and oxygen atoms in total. The number of methoxy groups -OCH3 is 1. The molecule has 1 amide bonds. The van der Waals surface area contributed by atoms with Crippen LogP contribution in [0.5, 0.6) is 11.5 Å². The van der Waals surface area contributed by atoms with Crippen molar-refractivity contribution >= 4 is 40.3 Å². The number of carbonyl (C=O) groups is 1. The molecule has 3 aromatic rings. The molecule has 0 bridgehead atoms. The van der Waals surface area contributed by atoms with Crippen LogP contribution in [0.4, 0.5) is 5.69 Å². The van der Waals surface area contributed by atoms with Crippen molar-refractivity contribution in [2.24, 2.45) is 0 Å². The minimum Gasteiger partial charge on any atom is -0.497 e. The van der Waals surface area contributed by atoms with Gasteiger partial charge in [-0.05, 0) is 82.3 Å². The first kappa shape index (κ1) is 21.4. The highest BCUT2D eigenvalue weighted by atomic mass is 127. The number of anilines is 1. The Morgan fingerprint density at radius 3 is 2.47 bits per heavy atom. The molecule has 1 N–H and O–H groups in total. The van der Waals surface area contributed by atoms with E-state index in [4.69, 9.17) is 9.47 Å². The number of nitrogens with one attached hydrogen (secondary N) is 1. The number of halogens is 1. The average molecular weight is 510 g/mol. The minimum absolute atomic E-state index is 0.00320. The minimum atomic E-state index is -0.478. The van der Waals surface area contributed by atoms with Gasteiger partial charge in [-0.2, -0.15) is 5.26 Å². The zero-order chi connectivity index (χ0) is 21.3. The van der Waals surface area contributed by atoms with Gasteiger partial charge in [-0.1, -0.05) is 30.3 Å². The van der Waals surface area contributed by atoms with Crippen LogP contribution in [0.1, 0.15) is 11.1 Å². The Kier molecular flexibility index (Phi) is 7.46. The Hall–Kier alpha value is -3.31. The lowest BCUT2D eigenvalue weighted by molar-refractivity contribution is -0.112. The van der Waals surface area contributed by atoms with Crippen LogP contribution in [0.3, 0.4) is 0 Å². The summed E-state index contributed by atoms with van der Waals surface area (Å²) in [5.74, 6) is 0.879. The Labute approximate surface area is 189 Å². The summed E-state index contributed by atoms with van der Waals surface area (Å²) in [6, 6.07) is 24.4. The number of hydrogen-bond donors (Lipinski definition) is 1. The zero-order valence-corrected chi connectivity index (χ0v) is 18.4. The summed E-state index contributed by atoms with van der Waals surface area (Å²) >= 11 is 2.16. The molecule has 0 radical (unpaired) electrons. The van der Waals surface area contributed by atoms with Crippen molar-refractivity contribution in [3.05, 3.63) is 93.1 Å². The van der Waals surface area contributed by atoms with Gasteiger partial charge in [0.1, 0.15) is 29.7 Å². The lowest BCUT2D eigenvalue weighted by Gasteiger charge is -2.08. The van der Waals surface area contributed by atoms with E-state index < -0.39 is 5.91 Å². The lowest BCUT2D eigenvalue weighted by atomic mass is 10.1. The predicted octanol–water partition coefficient (Wildman–Crippen LogP) is 5.42. The van der Waals surface area contributed by atoms with Crippen LogP contribution in [0.2, 0.25) is 0 Å². The second kappa shape index (κ2) is 10.5. The van der Waals surface area contributed by atoms with Crippen LogP contribution >= 0.6 is 22.6 Å². The van der Waals surface area contributed by atoms with Gasteiger partial charge in [0.05, 0.1) is 7.11 Å². The third-order valence-corrected chi connectivity index (χ3v) is 4.79. The van der Waals surface area contributed by atoms with Gasteiger partial charge >= 0.3 is 0 Å². The molecule has 0 aromatic heterocycles. The average Bonchev–Trinajstić information content (AvgIpc) is 2.77. The number of rotatable bonds is 7. The van der Waals surface area contributed by atoms with E-state index in [1.165, 1.54) is 6.08 Å². The molecule has 0 unspecified atom stereocenters. The summed E-state index contributed by atoms with van der Waals surface area (Å²) < 4.78 is 11.9. The molecule has 3 aromatic carbocycles. The maximum Gasteiger partial charge on any atom is 0.266 e. The Morgan fingerprint density at radius 1 is 1.07 bits per heavy atom. The first-order valence-electron chi connectivity index (χ1n) is 9.12. The normalized spacial score (nSPS) is 10.8. The van der Waals surface area contributed by atoms with Gasteiger partial charge in [-0.15, -0.1) is 0 Å². The fourth-order valence-corrected chi connectivity index (χ4v) is 3.34. The van der Waals surface area contributed by atoms with E-state index >= 15 is 0 Å². The van der Waals surface area contributed by atoms with Crippen molar-refractivity contribution in [3.63, 3.8) is 0 Å². The highest BCUT2D eigenvalue weighted by Gasteiger charge is 2.10. The van der Waals surface area contributed by atoms with E-state index in [0.717, 1.165) is 14.7 Å². The largest absolute Gasteiger partial charge is 0.497 e. The predicted molar refractivity (Wildman–Crippen MR) is 125 cm³/mol. The van der Waals surface area contributed by atoms with Crippen molar-refractivity contribution in [1.29, 1.82) is 5.26 Å². The molecule has 0 aliphatic rings. The number of hydrogen-bond acceptors (Lipinski definition) is 4. The molecule has 0 heterocycles. The molecular weight excluding hydrogens is 491 g/mol. The number of nitrogens with zero attached hydrogens (tertiary/aromatic N) is 1. The summed E-state index contributed by atoms with van der Waals surface area (Å²) in [5, 5.41) is 12.2. The SMILES string of the molecule is COc1cc(I)cc(/C=C(\C#N)C(=O)Nc2ccc(OCc3ccccc3)cc2)c1. The molecule has 150 valence electrons. The van der Waals surface area contributed by atoms with Crippen LogP contribution in [-0.2, 0) is 11.4 Å². The smallest absolute Gasteiger partial charge is 0.266 e. The van der Waals surface area contributed by atoms with Crippen LogP contribution in [0.25, 0.3) is 6.08 Å². The first-order valence-corrected chi connectivity index (χ1v) is 10.2. The van der Waals surface area contributed by atoms with Gasteiger partial charge in [0.25, 0.3) is 5.91 Å². The first-order chi connectivity index (χ1) is 14.6. The van der Waals surface area contributed by atoms with Gasteiger partial charge in [0.15, 0.2) is 0 Å². The van der Waals surface area contributed by atoms with Crippen molar-refractivity contribution in [3.8, 4) is 17.6 Å². The number of ether oxygens (including phenoxy) is 2. The highest BCUT2D eigenvalue weighted by molar-refractivity contribution is 14.1. The Bertz CT molecular complexity index is 1090. The molecule has 6 heteroatoms. The van der Waals surface area contributed by atoms with Crippen molar-refractivity contribution in [2.45, 2.75) is 6.61 Å². The molecule has 0 spiro atoms. The van der Waals surface area contributed by atoms with Gasteiger partial charge < -0.3 is 14.8 Å². The third kappa shape index (κ3) is 6.09. The topological polar surface area (TPSA) is 71.3 Å². The van der Waals surface area contributed by atoms with Crippen molar-refractivity contribution < 1.29 is 14.3 Å². The van der Waals surface area contributed by atoms with Crippen LogP contribution in [-0.4, -0.2) is 13.0 Å². The molecule has 0 aliphatic carbocycles. The van der Waals surface area contributed by atoms with E-state index in [-0.39, 0.29) is 5.57 Å². The molecule has 0 aliphatic heterocycles. The molecule has 0 saturated carbocycles. The van der Waals surface area contributed by atoms with Gasteiger partial charge in [0, 0.05) is 9.26 Å². The second-order valence-corrected chi connectivity index (χ2v) is 7.59. The van der Waals surface area contributed by atoms with Crippen molar-refractivity contribution in [1.82, 2.24) is 0 Å². The summed E-state index contributed by atoms with van der Waals surface area (Å²) in [4.78, 5) is 12.5. The summed E-state index contributed by atoms with van der Waals surface area (Å²) in [6.45, 7) is 0.465. The van der Waals surface area contributed by atoms with E-state index in [9.17, 15) is 10.1 Å². The molecule has 0 atom stereocenters. The summed E-state index contributed by atoms with van der Waals surface area (Å²) in [6.07, 6.45) is 1.54. The van der Waals surface area contributed by atoms with E-state index in [2.05, 4.69) is 27.9 Å². The number of nitriles is 1. The quantitative estimate of drug-likeness (QED) is 0.262. The maximum atomic E-state index is 12.5. The fourth-order valence-electron chi connectivity index (χ4n) is 2.67. The maximum absolute atomic E-state index is 12.5. The van der Waals surface area contributed by atoms with E-state index in [1.807, 2.05) is 48.5 Å². The monoisotopic (exact) mass is 510 g/mol. The number of amides is 1. The van der Waals surface area contributed by atoms with Gasteiger partial charge in [-0.25, -0.2) is 0 Å². The third-order valence-electron chi connectivity index (χ3n) is 4.17. The van der Waals surface area contributed by atoms with E-state index in [0.29, 0.717) is 23.8 Å². The zero-order valence-electron chi connectivity index (χ0n) is 16.3. The standard InChI is InChI=1S/C24H19IN2O3/c1-29-23-13-18(12-20(25)14-23)11-19(15-26)24(28)27-21-7-9-22(10-8-21)30-16-17-5-3-2-4-6-17/h2-14H,16H2,1H3,(H,27,28)/b19-11+. The van der Waals surface area contributed by atoms with Gasteiger partial charge in [-0.3, -0.25) is 4.79 Å². The highest BCUT2D eigenvalue weighted by Crippen LogP contribution is 2.21. The molecular formula is C24H19IN2O3. The van der Waals surface area contributed by atoms with Crippen LogP contribution < -0.4 is 14.8 Å². The fraction of sp³-hybridized carbons (Fsp3) is 0.0833. The molecule has 3 rings (SSSR count). The summed E-state index contributed by atoms with van der Waals surface area (Å²) in [5.41, 5.74) is 2.37. The number of benzene rings is 3. The second-order valence-electron chi connectivity index (χ2n) is 6.35. The van der Waals surface area contributed by atoms with Crippen molar-refractivity contribution in [2.75, 3.05) is 12.4 Å². The Balaban J connectivity index is 1.65. The Morgan fingerprint density at radius 2 is 1.80 bits per heavy atom. The van der Waals surface area contributed by atoms with Crippen LogP contribution in [0, 0.1) is 14.9 Å². The van der Waals surface area contributed by atoms with Crippen LogP contribution in [0.15, 0.2) is 78.4 Å².